The summed E-state index contributed by atoms with van der Waals surface area (Å²) in [5, 5.41) is 39.9. The Balaban J connectivity index is 1.72. The smallest absolute Gasteiger partial charge is 0.261 e. The largest absolute Gasteiger partial charge is 0.508 e. The van der Waals surface area contributed by atoms with E-state index in [-0.39, 0.29) is 28.8 Å². The summed E-state index contributed by atoms with van der Waals surface area (Å²) in [5.74, 6) is -0.541. The number of benzene rings is 2. The molecule has 0 fully saturated rings. The van der Waals surface area contributed by atoms with Crippen LogP contribution in [0.2, 0.25) is 0 Å². The third kappa shape index (κ3) is 2.98. The van der Waals surface area contributed by atoms with E-state index < -0.39 is 0 Å². The van der Waals surface area contributed by atoms with Crippen LogP contribution in [0.25, 0.3) is 17.1 Å². The van der Waals surface area contributed by atoms with Crippen LogP contribution >= 0.6 is 11.3 Å². The normalized spacial score (nSPS) is 10.9. The fraction of sp³-hybridized carbons (Fsp3) is 0.0556. The molecule has 130 valence electrons. The van der Waals surface area contributed by atoms with Gasteiger partial charge in [-0.2, -0.15) is 0 Å². The average molecular weight is 366 g/mol. The molecule has 0 bridgehead atoms. The monoisotopic (exact) mass is 366 g/mol. The molecule has 0 atom stereocenters. The van der Waals surface area contributed by atoms with Crippen molar-refractivity contribution in [2.75, 3.05) is 0 Å². The molecule has 0 saturated heterocycles. The van der Waals surface area contributed by atoms with Gasteiger partial charge in [-0.05, 0) is 17.7 Å². The molecule has 8 heteroatoms. The van der Waals surface area contributed by atoms with E-state index in [1.807, 2.05) is 35.7 Å². The van der Waals surface area contributed by atoms with Crippen molar-refractivity contribution < 1.29 is 15.3 Å². The van der Waals surface area contributed by atoms with Crippen LogP contribution in [-0.2, 0) is 6.42 Å². The quantitative estimate of drug-likeness (QED) is 0.513. The lowest BCUT2D eigenvalue weighted by molar-refractivity contribution is 0.447. The third-order valence-corrected chi connectivity index (χ3v) is 4.68. The van der Waals surface area contributed by atoms with Crippen molar-refractivity contribution in [3.8, 4) is 34.5 Å². The minimum absolute atomic E-state index is 0.0732. The number of phenols is 2. The van der Waals surface area contributed by atoms with Crippen LogP contribution in [0.3, 0.4) is 0 Å². The second-order valence-electron chi connectivity index (χ2n) is 5.64. The second kappa shape index (κ2) is 6.49. The highest BCUT2D eigenvalue weighted by Crippen LogP contribution is 2.34. The summed E-state index contributed by atoms with van der Waals surface area (Å²) in [6, 6.07) is 14.1. The van der Waals surface area contributed by atoms with Gasteiger partial charge in [-0.15, -0.1) is 11.3 Å². The molecule has 2 heterocycles. The van der Waals surface area contributed by atoms with Crippen LogP contribution in [0, 0.1) is 0 Å². The second-order valence-corrected chi connectivity index (χ2v) is 6.58. The predicted octanol–water partition coefficient (Wildman–Crippen LogP) is 3.10. The number of hydrogen-bond acceptors (Lipinski definition) is 7. The summed E-state index contributed by atoms with van der Waals surface area (Å²) in [6.07, 6.45) is 0.679. The number of hydrogen-bond donors (Lipinski definition) is 3. The zero-order valence-electron chi connectivity index (χ0n) is 13.4. The van der Waals surface area contributed by atoms with E-state index in [2.05, 4.69) is 15.3 Å². The number of aromatic nitrogens is 4. The van der Waals surface area contributed by atoms with Gasteiger partial charge in [0.25, 0.3) is 5.88 Å². The molecule has 0 radical (unpaired) electrons. The van der Waals surface area contributed by atoms with E-state index in [1.54, 1.807) is 0 Å². The van der Waals surface area contributed by atoms with Crippen LogP contribution in [0.15, 0.2) is 53.9 Å². The number of rotatable bonds is 4. The van der Waals surface area contributed by atoms with Gasteiger partial charge in [0.2, 0.25) is 0 Å². The Morgan fingerprint density at radius 2 is 1.81 bits per heavy atom. The van der Waals surface area contributed by atoms with E-state index in [4.69, 9.17) is 0 Å². The number of nitrogens with zero attached hydrogens (tertiary/aromatic N) is 4. The van der Waals surface area contributed by atoms with Crippen LogP contribution in [0.4, 0.5) is 0 Å². The fourth-order valence-corrected chi connectivity index (χ4v) is 3.44. The zero-order valence-corrected chi connectivity index (χ0v) is 14.3. The maximum absolute atomic E-state index is 10.1. The van der Waals surface area contributed by atoms with Crippen molar-refractivity contribution in [2.45, 2.75) is 6.42 Å². The summed E-state index contributed by atoms with van der Waals surface area (Å²) in [7, 11) is 0. The van der Waals surface area contributed by atoms with E-state index in [1.165, 1.54) is 34.2 Å². The third-order valence-electron chi connectivity index (χ3n) is 3.83. The van der Waals surface area contributed by atoms with E-state index in [0.717, 1.165) is 10.6 Å². The molecule has 2 aromatic heterocycles. The minimum Gasteiger partial charge on any atom is -0.508 e. The SMILES string of the molecule is Oc1ccc(-n2nnc(O)c2-c2csc(Cc3ccccc3)n2)c(O)c1. The molecular formula is C18H14N4O3S. The molecule has 2 aromatic carbocycles. The van der Waals surface area contributed by atoms with Crippen molar-refractivity contribution in [2.24, 2.45) is 0 Å². The fourth-order valence-electron chi connectivity index (χ4n) is 2.63. The molecule has 0 aliphatic carbocycles. The first kappa shape index (κ1) is 16.1. The van der Waals surface area contributed by atoms with Crippen LogP contribution in [0.5, 0.6) is 17.4 Å². The Hall–Kier alpha value is -3.39. The summed E-state index contributed by atoms with van der Waals surface area (Å²) < 4.78 is 1.30. The Morgan fingerprint density at radius 3 is 2.58 bits per heavy atom. The first-order valence-electron chi connectivity index (χ1n) is 7.77. The molecule has 4 aromatic rings. The van der Waals surface area contributed by atoms with Crippen molar-refractivity contribution in [3.63, 3.8) is 0 Å². The molecule has 0 saturated carbocycles. The van der Waals surface area contributed by atoms with Gasteiger partial charge < -0.3 is 15.3 Å². The van der Waals surface area contributed by atoms with Gasteiger partial charge in [-0.25, -0.2) is 9.67 Å². The lowest BCUT2D eigenvalue weighted by Crippen LogP contribution is -2.00. The van der Waals surface area contributed by atoms with E-state index in [0.29, 0.717) is 12.1 Å². The van der Waals surface area contributed by atoms with Gasteiger partial charge in [0, 0.05) is 17.9 Å². The first-order chi connectivity index (χ1) is 12.6. The van der Waals surface area contributed by atoms with Crippen molar-refractivity contribution >= 4 is 11.3 Å². The molecule has 26 heavy (non-hydrogen) atoms. The molecule has 0 amide bonds. The molecule has 4 rings (SSSR count). The van der Waals surface area contributed by atoms with E-state index in [9.17, 15) is 15.3 Å². The van der Waals surface area contributed by atoms with Gasteiger partial charge in [0.05, 0.1) is 5.01 Å². The van der Waals surface area contributed by atoms with Gasteiger partial charge >= 0.3 is 0 Å². The van der Waals surface area contributed by atoms with Gasteiger partial charge in [-0.3, -0.25) is 0 Å². The van der Waals surface area contributed by atoms with Crippen molar-refractivity contribution in [3.05, 3.63) is 64.5 Å². The lowest BCUT2D eigenvalue weighted by Gasteiger charge is -2.07. The number of phenolic OH excluding ortho intramolecular Hbond substituents is 2. The Bertz CT molecular complexity index is 1060. The maximum atomic E-state index is 10.1. The van der Waals surface area contributed by atoms with E-state index >= 15 is 0 Å². The molecule has 0 aliphatic rings. The molecular weight excluding hydrogens is 352 g/mol. The zero-order chi connectivity index (χ0) is 18.1. The Labute approximate surface area is 152 Å². The van der Waals surface area contributed by atoms with Gasteiger partial charge in [0.1, 0.15) is 22.9 Å². The number of thiazole rings is 1. The summed E-state index contributed by atoms with van der Waals surface area (Å²) in [4.78, 5) is 4.57. The van der Waals surface area contributed by atoms with Crippen LogP contribution in [0.1, 0.15) is 10.6 Å². The molecule has 0 spiro atoms. The average Bonchev–Trinajstić information content (AvgIpc) is 3.22. The van der Waals surface area contributed by atoms with Crippen LogP contribution in [-0.4, -0.2) is 35.3 Å². The Morgan fingerprint density at radius 1 is 1.00 bits per heavy atom. The highest BCUT2D eigenvalue weighted by atomic mass is 32.1. The molecule has 0 unspecified atom stereocenters. The Kier molecular flexibility index (Phi) is 4.02. The summed E-state index contributed by atoms with van der Waals surface area (Å²) in [6.45, 7) is 0. The minimum atomic E-state index is -0.283. The highest BCUT2D eigenvalue weighted by molar-refractivity contribution is 7.10. The maximum Gasteiger partial charge on any atom is 0.261 e. The van der Waals surface area contributed by atoms with Crippen molar-refractivity contribution in [1.29, 1.82) is 0 Å². The number of aromatic hydroxyl groups is 3. The summed E-state index contributed by atoms with van der Waals surface area (Å²) >= 11 is 1.47. The van der Waals surface area contributed by atoms with Gasteiger partial charge in [0.15, 0.2) is 5.69 Å². The topological polar surface area (TPSA) is 104 Å². The summed E-state index contributed by atoms with van der Waals surface area (Å²) in [5.41, 5.74) is 2.21. The predicted molar refractivity (Wildman–Crippen MR) is 96.7 cm³/mol. The van der Waals surface area contributed by atoms with Crippen molar-refractivity contribution in [1.82, 2.24) is 20.0 Å². The van der Waals surface area contributed by atoms with Gasteiger partial charge in [-0.1, -0.05) is 40.6 Å². The molecule has 0 aliphatic heterocycles. The van der Waals surface area contributed by atoms with Crippen LogP contribution < -0.4 is 0 Å². The molecule has 3 N–H and O–H groups in total. The molecule has 7 nitrogen and oxygen atoms in total. The highest BCUT2D eigenvalue weighted by Gasteiger charge is 2.20. The standard InChI is InChI=1S/C18H14N4O3S/c23-12-6-7-14(15(24)9-12)22-17(18(25)20-21-22)13-10-26-16(19-13)8-11-4-2-1-3-5-11/h1-7,9-10,23-25H,8H2. The lowest BCUT2D eigenvalue weighted by atomic mass is 10.2. The first-order valence-corrected chi connectivity index (χ1v) is 8.65.